The zero-order chi connectivity index (χ0) is 18.3. The van der Waals surface area contributed by atoms with Crippen LogP contribution in [0.25, 0.3) is 11.0 Å². The van der Waals surface area contributed by atoms with Crippen LogP contribution in [0.15, 0.2) is 12.5 Å². The molecule has 0 atom stereocenters. The summed E-state index contributed by atoms with van der Waals surface area (Å²) in [6.07, 6.45) is 8.52. The molecule has 0 aromatic carbocycles. The molecule has 0 saturated heterocycles. The van der Waals surface area contributed by atoms with E-state index in [1.807, 2.05) is 25.0 Å². The summed E-state index contributed by atoms with van der Waals surface area (Å²) in [6, 6.07) is 0.325. The van der Waals surface area contributed by atoms with Crippen molar-refractivity contribution in [3.63, 3.8) is 0 Å². The Kier molecular flexibility index (Phi) is 4.34. The fourth-order valence-corrected chi connectivity index (χ4v) is 3.78. The van der Waals surface area contributed by atoms with Gasteiger partial charge in [0.25, 0.3) is 0 Å². The molecule has 4 rings (SSSR count). The minimum absolute atomic E-state index is 0.325. The van der Waals surface area contributed by atoms with Gasteiger partial charge >= 0.3 is 0 Å². The van der Waals surface area contributed by atoms with E-state index in [1.165, 1.54) is 25.7 Å². The van der Waals surface area contributed by atoms with Gasteiger partial charge in [0.15, 0.2) is 11.5 Å². The molecule has 0 radical (unpaired) electrons. The van der Waals surface area contributed by atoms with Gasteiger partial charge in [-0.05, 0) is 26.7 Å². The average molecular weight is 354 g/mol. The minimum Gasteiger partial charge on any atom is -0.351 e. The summed E-state index contributed by atoms with van der Waals surface area (Å²) in [6.45, 7) is 4.91. The van der Waals surface area contributed by atoms with Gasteiger partial charge in [0.05, 0.1) is 18.1 Å². The van der Waals surface area contributed by atoms with E-state index >= 15 is 0 Å². The van der Waals surface area contributed by atoms with Crippen LogP contribution in [-0.4, -0.2) is 41.6 Å². The number of fused-ring (bicyclic) bond motifs is 1. The van der Waals surface area contributed by atoms with Gasteiger partial charge in [0, 0.05) is 26.1 Å². The summed E-state index contributed by atoms with van der Waals surface area (Å²) < 4.78 is 3.93. The number of hydrogen-bond donors (Lipinski definition) is 0. The molecule has 8 nitrogen and oxygen atoms in total. The molecule has 0 amide bonds. The molecule has 8 heteroatoms. The second-order valence-corrected chi connectivity index (χ2v) is 7.50. The lowest BCUT2D eigenvalue weighted by atomic mass is 10.1. The van der Waals surface area contributed by atoms with E-state index in [0.29, 0.717) is 18.5 Å². The van der Waals surface area contributed by atoms with Crippen LogP contribution < -0.4 is 4.90 Å². The number of nitrogens with zero attached hydrogens (tertiary/aromatic N) is 8. The molecule has 3 heterocycles. The van der Waals surface area contributed by atoms with E-state index in [1.54, 1.807) is 6.33 Å². The van der Waals surface area contributed by atoms with Crippen molar-refractivity contribution in [2.24, 2.45) is 7.05 Å². The van der Waals surface area contributed by atoms with Crippen LogP contribution in [0.4, 0.5) is 5.82 Å². The Balaban J connectivity index is 1.73. The van der Waals surface area contributed by atoms with Crippen LogP contribution in [0.1, 0.15) is 63.1 Å². The monoisotopic (exact) mass is 354 g/mol. The van der Waals surface area contributed by atoms with Gasteiger partial charge in [-0.3, -0.25) is 4.68 Å². The molecule has 1 aliphatic rings. The van der Waals surface area contributed by atoms with Gasteiger partial charge in [-0.25, -0.2) is 9.97 Å². The molecule has 138 valence electrons. The second kappa shape index (κ2) is 6.66. The molecule has 0 aliphatic heterocycles. The molecular formula is C18H26N8. The zero-order valence-electron chi connectivity index (χ0n) is 15.9. The van der Waals surface area contributed by atoms with Crippen molar-refractivity contribution >= 4 is 16.9 Å². The SMILES string of the molecule is CC(C)n1cnnc1CN(C)c1nc(C2CCCC2)nc2c1cnn2C. The van der Waals surface area contributed by atoms with Crippen LogP contribution in [0.2, 0.25) is 0 Å². The molecule has 0 bridgehead atoms. The normalized spacial score (nSPS) is 15.4. The smallest absolute Gasteiger partial charge is 0.163 e. The predicted molar refractivity (Wildman–Crippen MR) is 100 cm³/mol. The van der Waals surface area contributed by atoms with E-state index in [-0.39, 0.29) is 0 Å². The highest BCUT2D eigenvalue weighted by atomic mass is 15.3. The Morgan fingerprint density at radius 1 is 1.23 bits per heavy atom. The lowest BCUT2D eigenvalue weighted by Gasteiger charge is -2.21. The fourth-order valence-electron chi connectivity index (χ4n) is 3.78. The predicted octanol–water partition coefficient (Wildman–Crippen LogP) is 2.83. The molecule has 1 aliphatic carbocycles. The standard InChI is InChI=1S/C18H26N8/c1-12(2)26-11-19-23-15(26)10-24(3)17-14-9-20-25(4)18(14)22-16(21-17)13-7-5-6-8-13/h9,11-13H,5-8,10H2,1-4H3. The fraction of sp³-hybridized carbons (Fsp3) is 0.611. The van der Waals surface area contributed by atoms with Gasteiger partial charge in [-0.2, -0.15) is 5.10 Å². The van der Waals surface area contributed by atoms with Crippen molar-refractivity contribution < 1.29 is 0 Å². The lowest BCUT2D eigenvalue weighted by Crippen LogP contribution is -2.22. The van der Waals surface area contributed by atoms with Crippen molar-refractivity contribution in [3.8, 4) is 0 Å². The van der Waals surface area contributed by atoms with E-state index in [4.69, 9.17) is 9.97 Å². The summed E-state index contributed by atoms with van der Waals surface area (Å²) in [7, 11) is 3.99. The molecule has 0 spiro atoms. The first-order valence-electron chi connectivity index (χ1n) is 9.33. The van der Waals surface area contributed by atoms with Gasteiger partial charge in [-0.15, -0.1) is 10.2 Å². The van der Waals surface area contributed by atoms with Crippen molar-refractivity contribution in [1.82, 2.24) is 34.5 Å². The summed E-state index contributed by atoms with van der Waals surface area (Å²) in [5.41, 5.74) is 0.897. The van der Waals surface area contributed by atoms with Crippen LogP contribution in [0.5, 0.6) is 0 Å². The first-order chi connectivity index (χ1) is 12.5. The molecule has 26 heavy (non-hydrogen) atoms. The maximum absolute atomic E-state index is 4.96. The third-order valence-corrected chi connectivity index (χ3v) is 5.25. The lowest BCUT2D eigenvalue weighted by molar-refractivity contribution is 0.564. The molecule has 1 saturated carbocycles. The van der Waals surface area contributed by atoms with Crippen LogP contribution >= 0.6 is 0 Å². The number of aryl methyl sites for hydroxylation is 1. The van der Waals surface area contributed by atoms with E-state index in [9.17, 15) is 0 Å². The average Bonchev–Trinajstić information content (AvgIpc) is 3.35. The highest BCUT2D eigenvalue weighted by Gasteiger charge is 2.24. The van der Waals surface area contributed by atoms with Gasteiger partial charge < -0.3 is 9.47 Å². The number of hydrogen-bond acceptors (Lipinski definition) is 6. The molecular weight excluding hydrogens is 328 g/mol. The quantitative estimate of drug-likeness (QED) is 0.701. The summed E-state index contributed by atoms with van der Waals surface area (Å²) in [5.74, 6) is 3.26. The highest BCUT2D eigenvalue weighted by Crippen LogP contribution is 2.34. The maximum Gasteiger partial charge on any atom is 0.163 e. The Morgan fingerprint density at radius 3 is 2.73 bits per heavy atom. The Hall–Kier alpha value is -2.51. The first-order valence-corrected chi connectivity index (χ1v) is 9.33. The third-order valence-electron chi connectivity index (χ3n) is 5.25. The number of aromatic nitrogens is 7. The molecule has 3 aromatic heterocycles. The molecule has 0 unspecified atom stereocenters. The van der Waals surface area contributed by atoms with Crippen LogP contribution in [0.3, 0.4) is 0 Å². The zero-order valence-corrected chi connectivity index (χ0v) is 15.9. The van der Waals surface area contributed by atoms with Crippen molar-refractivity contribution in [3.05, 3.63) is 24.2 Å². The Bertz CT molecular complexity index is 903. The highest BCUT2D eigenvalue weighted by molar-refractivity contribution is 5.86. The Labute approximate surface area is 153 Å². The molecule has 0 N–H and O–H groups in total. The van der Waals surface area contributed by atoms with Gasteiger partial charge in [0.1, 0.15) is 18.0 Å². The largest absolute Gasteiger partial charge is 0.351 e. The Morgan fingerprint density at radius 2 is 2.00 bits per heavy atom. The second-order valence-electron chi connectivity index (χ2n) is 7.50. The van der Waals surface area contributed by atoms with Crippen molar-refractivity contribution in [2.45, 2.75) is 58.0 Å². The summed E-state index contributed by atoms with van der Waals surface area (Å²) in [4.78, 5) is 11.9. The first kappa shape index (κ1) is 16.9. The third kappa shape index (κ3) is 2.93. The van der Waals surface area contributed by atoms with Crippen LogP contribution in [-0.2, 0) is 13.6 Å². The van der Waals surface area contributed by atoms with Crippen molar-refractivity contribution in [2.75, 3.05) is 11.9 Å². The number of rotatable bonds is 5. The molecule has 1 fully saturated rings. The van der Waals surface area contributed by atoms with Gasteiger partial charge in [-0.1, -0.05) is 12.8 Å². The van der Waals surface area contributed by atoms with Crippen molar-refractivity contribution in [1.29, 1.82) is 0 Å². The maximum atomic E-state index is 4.96. The number of anilines is 1. The van der Waals surface area contributed by atoms with E-state index in [0.717, 1.165) is 28.5 Å². The summed E-state index contributed by atoms with van der Waals surface area (Å²) >= 11 is 0. The van der Waals surface area contributed by atoms with Gasteiger partial charge in [0.2, 0.25) is 0 Å². The van der Waals surface area contributed by atoms with E-state index in [2.05, 4.69) is 38.6 Å². The topological polar surface area (TPSA) is 77.6 Å². The van der Waals surface area contributed by atoms with Crippen LogP contribution in [0, 0.1) is 0 Å². The minimum atomic E-state index is 0.325. The molecule has 3 aromatic rings. The van der Waals surface area contributed by atoms with E-state index < -0.39 is 0 Å². The summed E-state index contributed by atoms with van der Waals surface area (Å²) in [5, 5.41) is 13.8.